The Morgan fingerprint density at radius 2 is 2.11 bits per heavy atom. The van der Waals surface area contributed by atoms with Gasteiger partial charge in [0, 0.05) is 29.5 Å². The first kappa shape index (κ1) is 10.3. The summed E-state index contributed by atoms with van der Waals surface area (Å²) in [5.74, 6) is 0. The number of aromatic amines is 1. The Morgan fingerprint density at radius 1 is 1.16 bits per heavy atom. The predicted molar refractivity (Wildman–Crippen MR) is 75.0 cm³/mol. The Kier molecular flexibility index (Phi) is 2.00. The third-order valence-corrected chi connectivity index (χ3v) is 3.38. The van der Waals surface area contributed by atoms with Gasteiger partial charge in [-0.1, -0.05) is 12.1 Å². The number of imidazole rings is 1. The van der Waals surface area contributed by atoms with Gasteiger partial charge in [-0.25, -0.2) is 4.98 Å². The van der Waals surface area contributed by atoms with Gasteiger partial charge in [-0.3, -0.25) is 5.10 Å². The molecule has 0 bridgehead atoms. The lowest BCUT2D eigenvalue weighted by atomic mass is 10.1. The summed E-state index contributed by atoms with van der Waals surface area (Å²) < 4.78 is 2.00. The number of rotatable bonds is 1. The van der Waals surface area contributed by atoms with Gasteiger partial charge in [0.05, 0.1) is 5.52 Å². The molecule has 0 spiro atoms. The molecular formula is C15H12N4. The summed E-state index contributed by atoms with van der Waals surface area (Å²) in [5.41, 5.74) is 5.30. The van der Waals surface area contributed by atoms with Crippen LogP contribution in [0.5, 0.6) is 0 Å². The first-order valence-corrected chi connectivity index (χ1v) is 6.19. The van der Waals surface area contributed by atoms with E-state index in [-0.39, 0.29) is 0 Å². The zero-order chi connectivity index (χ0) is 12.8. The van der Waals surface area contributed by atoms with Crippen molar-refractivity contribution in [3.8, 4) is 11.3 Å². The SMILES string of the molecule is Cc1ccc2c(-c3ccc4nccn4c3)n[nH]c2c1. The van der Waals surface area contributed by atoms with Gasteiger partial charge in [0.25, 0.3) is 0 Å². The molecule has 0 fully saturated rings. The van der Waals surface area contributed by atoms with E-state index in [9.17, 15) is 0 Å². The third kappa shape index (κ3) is 1.53. The molecule has 0 saturated carbocycles. The maximum atomic E-state index is 4.44. The molecule has 4 aromatic rings. The van der Waals surface area contributed by atoms with E-state index in [1.54, 1.807) is 6.20 Å². The third-order valence-electron chi connectivity index (χ3n) is 3.38. The first-order valence-electron chi connectivity index (χ1n) is 6.19. The van der Waals surface area contributed by atoms with Crippen LogP contribution < -0.4 is 0 Å². The summed E-state index contributed by atoms with van der Waals surface area (Å²) in [6.07, 6.45) is 5.79. The number of aromatic nitrogens is 4. The van der Waals surface area contributed by atoms with E-state index in [4.69, 9.17) is 0 Å². The van der Waals surface area contributed by atoms with Gasteiger partial charge in [0.2, 0.25) is 0 Å². The topological polar surface area (TPSA) is 46.0 Å². The molecule has 0 aliphatic carbocycles. The monoisotopic (exact) mass is 248 g/mol. The van der Waals surface area contributed by atoms with Crippen LogP contribution in [-0.4, -0.2) is 19.6 Å². The highest BCUT2D eigenvalue weighted by molar-refractivity contribution is 5.93. The molecule has 0 atom stereocenters. The van der Waals surface area contributed by atoms with Crippen LogP contribution in [0.25, 0.3) is 27.8 Å². The van der Waals surface area contributed by atoms with Gasteiger partial charge in [0.1, 0.15) is 11.3 Å². The zero-order valence-electron chi connectivity index (χ0n) is 10.5. The summed E-state index contributed by atoms with van der Waals surface area (Å²) in [5, 5.41) is 8.68. The van der Waals surface area contributed by atoms with Crippen molar-refractivity contribution in [1.82, 2.24) is 19.6 Å². The second-order valence-corrected chi connectivity index (χ2v) is 4.73. The summed E-state index contributed by atoms with van der Waals surface area (Å²) in [4.78, 5) is 4.25. The molecule has 1 aromatic carbocycles. The molecule has 4 nitrogen and oxygen atoms in total. The molecule has 0 aliphatic rings. The zero-order valence-corrected chi connectivity index (χ0v) is 10.5. The van der Waals surface area contributed by atoms with E-state index in [0.29, 0.717) is 0 Å². The lowest BCUT2D eigenvalue weighted by Gasteiger charge is -2.00. The van der Waals surface area contributed by atoms with Crippen molar-refractivity contribution >= 4 is 16.6 Å². The fourth-order valence-electron chi connectivity index (χ4n) is 2.41. The normalized spacial score (nSPS) is 11.4. The summed E-state index contributed by atoms with van der Waals surface area (Å²) in [7, 11) is 0. The second kappa shape index (κ2) is 3.68. The highest BCUT2D eigenvalue weighted by Crippen LogP contribution is 2.26. The summed E-state index contributed by atoms with van der Waals surface area (Å²) >= 11 is 0. The highest BCUT2D eigenvalue weighted by atomic mass is 15.1. The number of fused-ring (bicyclic) bond motifs is 2. The Bertz CT molecular complexity index is 885. The fraction of sp³-hybridized carbons (Fsp3) is 0.0667. The van der Waals surface area contributed by atoms with Crippen molar-refractivity contribution in [3.05, 3.63) is 54.5 Å². The lowest BCUT2D eigenvalue weighted by molar-refractivity contribution is 1.11. The van der Waals surface area contributed by atoms with Crippen molar-refractivity contribution in [2.45, 2.75) is 6.92 Å². The molecule has 0 amide bonds. The van der Waals surface area contributed by atoms with Crippen molar-refractivity contribution in [1.29, 1.82) is 0 Å². The molecular weight excluding hydrogens is 236 g/mol. The molecule has 4 heteroatoms. The predicted octanol–water partition coefficient (Wildman–Crippen LogP) is 3.19. The Morgan fingerprint density at radius 3 is 3.05 bits per heavy atom. The van der Waals surface area contributed by atoms with Crippen LogP contribution >= 0.6 is 0 Å². The molecule has 0 saturated heterocycles. The van der Waals surface area contributed by atoms with E-state index in [1.165, 1.54) is 5.56 Å². The summed E-state index contributed by atoms with van der Waals surface area (Å²) in [6, 6.07) is 10.4. The van der Waals surface area contributed by atoms with Crippen molar-refractivity contribution < 1.29 is 0 Å². The number of hydrogen-bond donors (Lipinski definition) is 1. The van der Waals surface area contributed by atoms with E-state index < -0.39 is 0 Å². The Hall–Kier alpha value is -2.62. The summed E-state index contributed by atoms with van der Waals surface area (Å²) in [6.45, 7) is 2.08. The van der Waals surface area contributed by atoms with Crippen LogP contribution in [0.15, 0.2) is 48.9 Å². The van der Waals surface area contributed by atoms with Crippen molar-refractivity contribution in [2.24, 2.45) is 0 Å². The van der Waals surface area contributed by atoms with Crippen LogP contribution in [0.1, 0.15) is 5.56 Å². The largest absolute Gasteiger partial charge is 0.306 e. The van der Waals surface area contributed by atoms with Gasteiger partial charge in [-0.15, -0.1) is 0 Å². The number of benzene rings is 1. The Balaban J connectivity index is 1.97. The van der Waals surface area contributed by atoms with Crippen LogP contribution in [0.2, 0.25) is 0 Å². The minimum absolute atomic E-state index is 0.944. The quantitative estimate of drug-likeness (QED) is 0.562. The van der Waals surface area contributed by atoms with Crippen LogP contribution in [0.4, 0.5) is 0 Å². The molecule has 1 N–H and O–H groups in total. The number of hydrogen-bond acceptors (Lipinski definition) is 2. The maximum absolute atomic E-state index is 4.44. The second-order valence-electron chi connectivity index (χ2n) is 4.73. The van der Waals surface area contributed by atoms with E-state index in [0.717, 1.165) is 27.8 Å². The number of H-pyrrole nitrogens is 1. The molecule has 4 rings (SSSR count). The standard InChI is InChI=1S/C15H12N4/c1-10-2-4-12-13(8-10)17-18-15(12)11-3-5-14-16-6-7-19(14)9-11/h2-9H,1H3,(H,17,18). The average Bonchev–Trinajstić information content (AvgIpc) is 3.02. The van der Waals surface area contributed by atoms with Gasteiger partial charge < -0.3 is 4.40 Å². The first-order chi connectivity index (χ1) is 9.31. The number of nitrogens with zero attached hydrogens (tertiary/aromatic N) is 3. The van der Waals surface area contributed by atoms with Crippen LogP contribution in [0.3, 0.4) is 0 Å². The van der Waals surface area contributed by atoms with Gasteiger partial charge in [-0.2, -0.15) is 5.10 Å². The van der Waals surface area contributed by atoms with E-state index in [1.807, 2.05) is 16.7 Å². The molecule has 0 aliphatic heterocycles. The highest BCUT2D eigenvalue weighted by Gasteiger charge is 2.08. The average molecular weight is 248 g/mol. The number of aryl methyl sites for hydroxylation is 1. The number of pyridine rings is 1. The molecule has 19 heavy (non-hydrogen) atoms. The molecule has 92 valence electrons. The van der Waals surface area contributed by atoms with Crippen molar-refractivity contribution in [2.75, 3.05) is 0 Å². The minimum atomic E-state index is 0.944. The van der Waals surface area contributed by atoms with Gasteiger partial charge >= 0.3 is 0 Å². The van der Waals surface area contributed by atoms with Crippen molar-refractivity contribution in [3.63, 3.8) is 0 Å². The minimum Gasteiger partial charge on any atom is -0.306 e. The van der Waals surface area contributed by atoms with E-state index >= 15 is 0 Å². The van der Waals surface area contributed by atoms with Crippen LogP contribution in [0, 0.1) is 6.92 Å². The Labute approximate surface area is 109 Å². The molecule has 0 unspecified atom stereocenters. The smallest absolute Gasteiger partial charge is 0.136 e. The number of nitrogens with one attached hydrogen (secondary N) is 1. The fourth-order valence-corrected chi connectivity index (χ4v) is 2.41. The maximum Gasteiger partial charge on any atom is 0.136 e. The lowest BCUT2D eigenvalue weighted by Crippen LogP contribution is -1.86. The molecule has 3 aromatic heterocycles. The van der Waals surface area contributed by atoms with Crippen LogP contribution in [-0.2, 0) is 0 Å². The van der Waals surface area contributed by atoms with Gasteiger partial charge in [-0.05, 0) is 30.7 Å². The molecule has 0 radical (unpaired) electrons. The van der Waals surface area contributed by atoms with E-state index in [2.05, 4.69) is 52.6 Å². The van der Waals surface area contributed by atoms with Gasteiger partial charge in [0.15, 0.2) is 0 Å². The molecule has 3 heterocycles.